The molecule has 0 spiro atoms. The SMILES string of the molecule is Cc1ccc([C@]2(C)NC(=O)N(C[C@H](O)C[NH+]3CCOCC3)C2=O)cc1. The number of carbonyl (C=O) groups excluding carboxylic acids is 2. The second-order valence-electron chi connectivity index (χ2n) is 7.06. The van der Waals surface area contributed by atoms with E-state index in [1.807, 2.05) is 31.2 Å². The Morgan fingerprint density at radius 3 is 2.56 bits per heavy atom. The number of amides is 3. The number of carbonyl (C=O) groups is 2. The summed E-state index contributed by atoms with van der Waals surface area (Å²) in [6.45, 7) is 7.21. The number of imide groups is 1. The number of benzene rings is 1. The molecule has 3 rings (SSSR count). The molecule has 2 atom stereocenters. The molecule has 2 fully saturated rings. The molecule has 2 aliphatic rings. The van der Waals surface area contributed by atoms with Crippen LogP contribution in [0.25, 0.3) is 0 Å². The number of urea groups is 1. The smallest absolute Gasteiger partial charge is 0.325 e. The number of nitrogens with zero attached hydrogens (tertiary/aromatic N) is 1. The normalized spacial score (nSPS) is 26.0. The fourth-order valence-electron chi connectivity index (χ4n) is 3.42. The second kappa shape index (κ2) is 7.11. The zero-order valence-electron chi connectivity index (χ0n) is 14.7. The van der Waals surface area contributed by atoms with Crippen molar-refractivity contribution in [2.75, 3.05) is 39.4 Å². The fourth-order valence-corrected chi connectivity index (χ4v) is 3.42. The summed E-state index contributed by atoms with van der Waals surface area (Å²) in [5, 5.41) is 13.1. The molecule has 0 aliphatic carbocycles. The van der Waals surface area contributed by atoms with E-state index < -0.39 is 17.7 Å². The van der Waals surface area contributed by atoms with E-state index in [2.05, 4.69) is 5.32 Å². The van der Waals surface area contributed by atoms with Crippen molar-refractivity contribution in [1.82, 2.24) is 10.2 Å². The first kappa shape index (κ1) is 17.8. The van der Waals surface area contributed by atoms with Crippen molar-refractivity contribution >= 4 is 11.9 Å². The number of aryl methyl sites for hydroxylation is 1. The van der Waals surface area contributed by atoms with Crippen molar-refractivity contribution in [2.24, 2.45) is 0 Å². The minimum absolute atomic E-state index is 0.0104. The summed E-state index contributed by atoms with van der Waals surface area (Å²) in [6, 6.07) is 7.08. The first-order valence-corrected chi connectivity index (χ1v) is 8.71. The highest BCUT2D eigenvalue weighted by Crippen LogP contribution is 2.29. The topological polar surface area (TPSA) is 83.3 Å². The van der Waals surface area contributed by atoms with Crippen LogP contribution < -0.4 is 10.2 Å². The van der Waals surface area contributed by atoms with Crippen LogP contribution in [0.5, 0.6) is 0 Å². The second-order valence-corrected chi connectivity index (χ2v) is 7.06. The van der Waals surface area contributed by atoms with Gasteiger partial charge in [0.05, 0.1) is 19.8 Å². The predicted molar refractivity (Wildman–Crippen MR) is 91.2 cm³/mol. The van der Waals surface area contributed by atoms with Gasteiger partial charge in [-0.15, -0.1) is 0 Å². The summed E-state index contributed by atoms with van der Waals surface area (Å²) in [6.07, 6.45) is -0.747. The van der Waals surface area contributed by atoms with Crippen LogP contribution in [0, 0.1) is 6.92 Å². The summed E-state index contributed by atoms with van der Waals surface area (Å²) in [4.78, 5) is 27.5. The first-order chi connectivity index (χ1) is 11.9. The van der Waals surface area contributed by atoms with E-state index in [0.29, 0.717) is 19.8 Å². The Balaban J connectivity index is 1.67. The highest BCUT2D eigenvalue weighted by atomic mass is 16.5. The summed E-state index contributed by atoms with van der Waals surface area (Å²) in [5.41, 5.74) is 0.744. The van der Waals surface area contributed by atoms with E-state index in [9.17, 15) is 14.7 Å². The Kier molecular flexibility index (Phi) is 5.08. The van der Waals surface area contributed by atoms with Gasteiger partial charge in [0.15, 0.2) is 0 Å². The quantitative estimate of drug-likeness (QED) is 0.599. The number of aliphatic hydroxyl groups excluding tert-OH is 1. The number of β-amino-alcohol motifs (C(OH)–C–C–N with tert-alkyl or cyclic N) is 1. The Morgan fingerprint density at radius 1 is 1.28 bits per heavy atom. The monoisotopic (exact) mass is 348 g/mol. The molecule has 2 aliphatic heterocycles. The van der Waals surface area contributed by atoms with Crippen LogP contribution in [0.15, 0.2) is 24.3 Å². The van der Waals surface area contributed by atoms with E-state index in [1.54, 1.807) is 6.92 Å². The maximum Gasteiger partial charge on any atom is 0.325 e. The molecule has 3 N–H and O–H groups in total. The van der Waals surface area contributed by atoms with Crippen LogP contribution in [0.3, 0.4) is 0 Å². The zero-order valence-corrected chi connectivity index (χ0v) is 14.7. The number of ether oxygens (including phenoxy) is 1. The number of rotatable bonds is 5. The number of hydrogen-bond donors (Lipinski definition) is 3. The predicted octanol–water partition coefficient (Wildman–Crippen LogP) is -0.962. The van der Waals surface area contributed by atoms with Crippen molar-refractivity contribution < 1.29 is 24.3 Å². The number of hydrogen-bond acceptors (Lipinski definition) is 4. The average Bonchev–Trinajstić information content (AvgIpc) is 2.80. The maximum atomic E-state index is 12.9. The van der Waals surface area contributed by atoms with Gasteiger partial charge in [0.25, 0.3) is 5.91 Å². The third-order valence-corrected chi connectivity index (χ3v) is 5.02. The first-order valence-electron chi connectivity index (χ1n) is 8.71. The van der Waals surface area contributed by atoms with E-state index in [1.165, 1.54) is 4.90 Å². The van der Waals surface area contributed by atoms with Crippen LogP contribution in [-0.2, 0) is 15.1 Å². The molecule has 0 unspecified atom stereocenters. The molecule has 0 radical (unpaired) electrons. The molecule has 136 valence electrons. The van der Waals surface area contributed by atoms with Crippen LogP contribution in [0.1, 0.15) is 18.1 Å². The van der Waals surface area contributed by atoms with Crippen LogP contribution in [0.2, 0.25) is 0 Å². The van der Waals surface area contributed by atoms with Gasteiger partial charge >= 0.3 is 6.03 Å². The van der Waals surface area contributed by atoms with Gasteiger partial charge < -0.3 is 20.1 Å². The number of morpholine rings is 1. The highest BCUT2D eigenvalue weighted by Gasteiger charge is 2.49. The van der Waals surface area contributed by atoms with Gasteiger partial charge in [0, 0.05) is 0 Å². The third-order valence-electron chi connectivity index (χ3n) is 5.02. The number of nitrogens with one attached hydrogen (secondary N) is 2. The fraction of sp³-hybridized carbons (Fsp3) is 0.556. The van der Waals surface area contributed by atoms with Crippen LogP contribution in [0.4, 0.5) is 4.79 Å². The summed E-state index contributed by atoms with van der Waals surface area (Å²) >= 11 is 0. The van der Waals surface area contributed by atoms with Crippen molar-refractivity contribution in [3.63, 3.8) is 0 Å². The Labute approximate surface area is 147 Å². The van der Waals surface area contributed by atoms with Crippen molar-refractivity contribution in [3.05, 3.63) is 35.4 Å². The molecule has 2 heterocycles. The molecular formula is C18H26N3O4+. The van der Waals surface area contributed by atoms with Gasteiger partial charge in [-0.3, -0.25) is 9.69 Å². The minimum atomic E-state index is -1.09. The lowest BCUT2D eigenvalue weighted by atomic mass is 9.91. The average molecular weight is 348 g/mol. The Hall–Kier alpha value is -1.96. The van der Waals surface area contributed by atoms with Gasteiger partial charge in [-0.05, 0) is 19.4 Å². The van der Waals surface area contributed by atoms with Gasteiger partial charge in [-0.25, -0.2) is 4.79 Å². The van der Waals surface area contributed by atoms with Gasteiger partial charge in [-0.1, -0.05) is 29.8 Å². The summed E-state index contributed by atoms with van der Waals surface area (Å²) < 4.78 is 5.30. The van der Waals surface area contributed by atoms with Crippen molar-refractivity contribution in [3.8, 4) is 0 Å². The Bertz CT molecular complexity index is 642. The summed E-state index contributed by atoms with van der Waals surface area (Å²) in [5.74, 6) is -0.322. The lowest BCUT2D eigenvalue weighted by Gasteiger charge is -2.27. The third kappa shape index (κ3) is 3.68. The highest BCUT2D eigenvalue weighted by molar-refractivity contribution is 6.07. The molecule has 7 nitrogen and oxygen atoms in total. The van der Waals surface area contributed by atoms with Gasteiger partial charge in [0.2, 0.25) is 0 Å². The molecule has 1 aromatic carbocycles. The molecule has 0 saturated carbocycles. The number of quaternary nitrogens is 1. The van der Waals surface area contributed by atoms with Crippen LogP contribution >= 0.6 is 0 Å². The number of aliphatic hydroxyl groups is 1. The molecule has 25 heavy (non-hydrogen) atoms. The molecule has 3 amide bonds. The largest absolute Gasteiger partial charge is 0.385 e. The Morgan fingerprint density at radius 2 is 1.92 bits per heavy atom. The summed E-state index contributed by atoms with van der Waals surface area (Å²) in [7, 11) is 0. The molecule has 7 heteroatoms. The van der Waals surface area contributed by atoms with Gasteiger partial charge in [0.1, 0.15) is 31.3 Å². The molecule has 0 aromatic heterocycles. The maximum absolute atomic E-state index is 12.9. The molecule has 0 bridgehead atoms. The van der Waals surface area contributed by atoms with E-state index >= 15 is 0 Å². The minimum Gasteiger partial charge on any atom is -0.385 e. The van der Waals surface area contributed by atoms with Crippen molar-refractivity contribution in [2.45, 2.75) is 25.5 Å². The molecule has 1 aromatic rings. The molecular weight excluding hydrogens is 322 g/mol. The van der Waals surface area contributed by atoms with Crippen LogP contribution in [-0.4, -0.2) is 67.4 Å². The standard InChI is InChI=1S/C18H25N3O4/c1-13-3-5-14(6-4-13)18(2)16(23)21(17(24)19-18)12-15(22)11-20-7-9-25-10-8-20/h3-6,15,22H,7-12H2,1-2H3,(H,19,24)/p+1/t15-,18+/m1/s1. The van der Waals surface area contributed by atoms with Crippen molar-refractivity contribution in [1.29, 1.82) is 0 Å². The lowest BCUT2D eigenvalue weighted by molar-refractivity contribution is -0.910. The zero-order chi connectivity index (χ0) is 18.0. The van der Waals surface area contributed by atoms with E-state index in [-0.39, 0.29) is 12.5 Å². The lowest BCUT2D eigenvalue weighted by Crippen LogP contribution is -3.15. The van der Waals surface area contributed by atoms with Gasteiger partial charge in [-0.2, -0.15) is 0 Å². The van der Waals surface area contributed by atoms with E-state index in [4.69, 9.17) is 4.74 Å². The van der Waals surface area contributed by atoms with E-state index in [0.717, 1.165) is 29.1 Å². The molecule has 2 saturated heterocycles.